The van der Waals surface area contributed by atoms with Gasteiger partial charge < -0.3 is 10.2 Å². The molecule has 17 heavy (non-hydrogen) atoms. The molecule has 1 aromatic heterocycles. The number of halogens is 2. The highest BCUT2D eigenvalue weighted by atomic mass is 79.9. The maximum Gasteiger partial charge on any atom is 0.0843 e. The number of nitrogens with zero attached hydrogens (tertiary/aromatic N) is 1. The summed E-state index contributed by atoms with van der Waals surface area (Å²) in [7, 11) is 4.29. The molecule has 0 saturated heterocycles. The first-order valence-electron chi connectivity index (χ1n) is 5.72. The zero-order chi connectivity index (χ0) is 13.0. The van der Waals surface area contributed by atoms with Crippen LogP contribution in [0.25, 0.3) is 0 Å². The zero-order valence-corrected chi connectivity index (χ0v) is 14.7. The van der Waals surface area contributed by atoms with Gasteiger partial charge in [-0.1, -0.05) is 13.8 Å². The van der Waals surface area contributed by atoms with E-state index in [2.05, 4.69) is 76.1 Å². The van der Waals surface area contributed by atoms with Crippen LogP contribution in [0.1, 0.15) is 18.7 Å². The predicted molar refractivity (Wildman–Crippen MR) is 83.7 cm³/mol. The van der Waals surface area contributed by atoms with Crippen LogP contribution >= 0.6 is 43.2 Å². The number of hydrogen-bond donors (Lipinski definition) is 1. The molecule has 0 bridgehead atoms. The quantitative estimate of drug-likeness (QED) is 0.799. The van der Waals surface area contributed by atoms with Crippen molar-refractivity contribution in [1.82, 2.24) is 10.2 Å². The lowest BCUT2D eigenvalue weighted by atomic mass is 10.0. The van der Waals surface area contributed by atoms with E-state index in [9.17, 15) is 0 Å². The minimum absolute atomic E-state index is 0.585. The minimum atomic E-state index is 0.585. The Morgan fingerprint density at radius 2 is 2.00 bits per heavy atom. The fraction of sp³-hybridized carbons (Fsp3) is 0.667. The Balaban J connectivity index is 2.41. The SMILES string of the molecule is CC(C)C(CNCc1cc(Br)c(Br)s1)N(C)C. The molecule has 0 aliphatic carbocycles. The summed E-state index contributed by atoms with van der Waals surface area (Å²) < 4.78 is 2.31. The van der Waals surface area contributed by atoms with E-state index in [-0.39, 0.29) is 0 Å². The molecule has 98 valence electrons. The van der Waals surface area contributed by atoms with E-state index in [0.717, 1.165) is 17.6 Å². The highest BCUT2D eigenvalue weighted by Gasteiger charge is 2.15. The van der Waals surface area contributed by atoms with Gasteiger partial charge in [-0.25, -0.2) is 0 Å². The van der Waals surface area contributed by atoms with Crippen molar-refractivity contribution in [3.05, 3.63) is 19.2 Å². The molecule has 1 rings (SSSR count). The lowest BCUT2D eigenvalue weighted by Gasteiger charge is -2.28. The largest absolute Gasteiger partial charge is 0.310 e. The third-order valence-electron chi connectivity index (χ3n) is 2.78. The Morgan fingerprint density at radius 3 is 2.41 bits per heavy atom. The lowest BCUT2D eigenvalue weighted by Crippen LogP contribution is -2.41. The number of nitrogens with one attached hydrogen (secondary N) is 1. The van der Waals surface area contributed by atoms with Gasteiger partial charge in [-0.3, -0.25) is 0 Å². The molecule has 0 aromatic carbocycles. The fourth-order valence-electron chi connectivity index (χ4n) is 1.84. The first kappa shape index (κ1) is 15.6. The van der Waals surface area contributed by atoms with E-state index >= 15 is 0 Å². The molecule has 0 spiro atoms. The molecule has 1 aromatic rings. The topological polar surface area (TPSA) is 15.3 Å². The van der Waals surface area contributed by atoms with E-state index in [1.165, 1.54) is 8.66 Å². The molecule has 0 radical (unpaired) electrons. The average Bonchev–Trinajstić information content (AvgIpc) is 2.52. The van der Waals surface area contributed by atoms with Crippen molar-refractivity contribution in [1.29, 1.82) is 0 Å². The third-order valence-corrected chi connectivity index (χ3v) is 6.04. The Labute approximate surface area is 125 Å². The molecule has 0 amide bonds. The number of hydrogen-bond acceptors (Lipinski definition) is 3. The second kappa shape index (κ2) is 7.24. The van der Waals surface area contributed by atoms with Crippen LogP contribution in [0, 0.1) is 5.92 Å². The lowest BCUT2D eigenvalue weighted by molar-refractivity contribution is 0.224. The molecule has 1 atom stereocenters. The summed E-state index contributed by atoms with van der Waals surface area (Å²) in [4.78, 5) is 3.64. The Kier molecular flexibility index (Phi) is 6.66. The Bertz CT molecular complexity index is 323. The summed E-state index contributed by atoms with van der Waals surface area (Å²) in [5.74, 6) is 0.666. The van der Waals surface area contributed by atoms with Gasteiger partial charge in [-0.15, -0.1) is 11.3 Å². The van der Waals surface area contributed by atoms with Gasteiger partial charge in [0.1, 0.15) is 0 Å². The summed E-state index contributed by atoms with van der Waals surface area (Å²) in [5, 5.41) is 3.53. The molecule has 2 nitrogen and oxygen atoms in total. The first-order chi connectivity index (χ1) is 7.91. The van der Waals surface area contributed by atoms with Gasteiger partial charge in [0, 0.05) is 28.5 Å². The van der Waals surface area contributed by atoms with E-state index < -0.39 is 0 Å². The molecule has 1 unspecified atom stereocenters. The number of thiophene rings is 1. The van der Waals surface area contributed by atoms with Crippen molar-refractivity contribution in [3.8, 4) is 0 Å². The van der Waals surface area contributed by atoms with Crippen LogP contribution in [0.5, 0.6) is 0 Å². The average molecular weight is 384 g/mol. The van der Waals surface area contributed by atoms with Crippen molar-refractivity contribution in [2.75, 3.05) is 20.6 Å². The van der Waals surface area contributed by atoms with Gasteiger partial charge in [0.25, 0.3) is 0 Å². The predicted octanol–water partition coefficient (Wildman–Crippen LogP) is 3.95. The summed E-state index contributed by atoms with van der Waals surface area (Å²) in [5.41, 5.74) is 0. The van der Waals surface area contributed by atoms with Crippen LogP contribution in [-0.4, -0.2) is 31.6 Å². The molecule has 0 fully saturated rings. The molecule has 5 heteroatoms. The molecule has 0 saturated carbocycles. The summed E-state index contributed by atoms with van der Waals surface area (Å²) in [6.45, 7) is 6.50. The summed E-state index contributed by atoms with van der Waals surface area (Å²) >= 11 is 8.81. The van der Waals surface area contributed by atoms with Gasteiger partial charge in [0.05, 0.1) is 3.79 Å². The molecule has 1 N–H and O–H groups in total. The van der Waals surface area contributed by atoms with Crippen LogP contribution in [0.4, 0.5) is 0 Å². The van der Waals surface area contributed by atoms with E-state index in [1.54, 1.807) is 11.3 Å². The maximum atomic E-state index is 3.53. The van der Waals surface area contributed by atoms with Crippen LogP contribution in [0.15, 0.2) is 14.3 Å². The molecule has 0 aliphatic rings. The second-order valence-electron chi connectivity index (χ2n) is 4.74. The zero-order valence-electron chi connectivity index (χ0n) is 10.8. The smallest absolute Gasteiger partial charge is 0.0843 e. The van der Waals surface area contributed by atoms with Crippen LogP contribution in [0.3, 0.4) is 0 Å². The van der Waals surface area contributed by atoms with Gasteiger partial charge in [-0.2, -0.15) is 0 Å². The fourth-order valence-corrected chi connectivity index (χ4v) is 3.98. The van der Waals surface area contributed by atoms with E-state index in [0.29, 0.717) is 12.0 Å². The van der Waals surface area contributed by atoms with Gasteiger partial charge in [0.2, 0.25) is 0 Å². The van der Waals surface area contributed by atoms with E-state index in [1.807, 2.05) is 0 Å². The van der Waals surface area contributed by atoms with Crippen LogP contribution < -0.4 is 5.32 Å². The standard InChI is InChI=1S/C12H20Br2N2S/c1-8(2)11(16(3)4)7-15-6-9-5-10(13)12(14)17-9/h5,8,11,15H,6-7H2,1-4H3. The summed E-state index contributed by atoms with van der Waals surface area (Å²) in [6.07, 6.45) is 0. The molecule has 0 aliphatic heterocycles. The second-order valence-corrected chi connectivity index (χ2v) is 8.05. The summed E-state index contributed by atoms with van der Waals surface area (Å²) in [6, 6.07) is 2.75. The highest BCUT2D eigenvalue weighted by Crippen LogP contribution is 2.32. The van der Waals surface area contributed by atoms with Gasteiger partial charge >= 0.3 is 0 Å². The van der Waals surface area contributed by atoms with Gasteiger partial charge in [0.15, 0.2) is 0 Å². The van der Waals surface area contributed by atoms with Crippen molar-refractivity contribution in [2.45, 2.75) is 26.4 Å². The molecular weight excluding hydrogens is 364 g/mol. The normalized spacial score (nSPS) is 13.6. The van der Waals surface area contributed by atoms with Crippen molar-refractivity contribution < 1.29 is 0 Å². The Hall–Kier alpha value is 0.580. The van der Waals surface area contributed by atoms with Crippen molar-refractivity contribution in [2.24, 2.45) is 5.92 Å². The minimum Gasteiger partial charge on any atom is -0.310 e. The number of rotatable bonds is 6. The van der Waals surface area contributed by atoms with E-state index in [4.69, 9.17) is 0 Å². The highest BCUT2D eigenvalue weighted by molar-refractivity contribution is 9.13. The van der Waals surface area contributed by atoms with Gasteiger partial charge in [-0.05, 0) is 57.9 Å². The maximum absolute atomic E-state index is 3.53. The third kappa shape index (κ3) is 4.99. The monoisotopic (exact) mass is 382 g/mol. The first-order valence-corrected chi connectivity index (χ1v) is 8.13. The Morgan fingerprint density at radius 1 is 1.35 bits per heavy atom. The molecule has 1 heterocycles. The number of likely N-dealkylation sites (N-methyl/N-ethyl adjacent to an activating group) is 1. The van der Waals surface area contributed by atoms with Crippen LogP contribution in [-0.2, 0) is 6.54 Å². The van der Waals surface area contributed by atoms with Crippen LogP contribution in [0.2, 0.25) is 0 Å². The van der Waals surface area contributed by atoms with Crippen molar-refractivity contribution in [3.63, 3.8) is 0 Å². The van der Waals surface area contributed by atoms with Crippen molar-refractivity contribution >= 4 is 43.2 Å². The molecular formula is C12H20Br2N2S.